The number of aliphatic hydroxyl groups excluding tert-OH is 2. The first-order valence-electron chi connectivity index (χ1n) is 20.4. The molecule has 0 spiro atoms. The lowest BCUT2D eigenvalue weighted by atomic mass is 9.91. The Morgan fingerprint density at radius 3 is 0.940 bits per heavy atom. The zero-order valence-corrected chi connectivity index (χ0v) is 31.9. The van der Waals surface area contributed by atoms with E-state index in [4.69, 9.17) is 9.47 Å². The summed E-state index contributed by atoms with van der Waals surface area (Å²) >= 11 is 0. The first-order chi connectivity index (χ1) is 24.3. The van der Waals surface area contributed by atoms with Gasteiger partial charge >= 0.3 is 11.9 Å². The third-order valence-electron chi connectivity index (χ3n) is 9.92. The van der Waals surface area contributed by atoms with Crippen LogP contribution in [0.4, 0.5) is 0 Å². The molecule has 1 aliphatic heterocycles. The third-order valence-corrected chi connectivity index (χ3v) is 9.92. The maximum absolute atomic E-state index is 13.0. The number of cyclic esters (lactones) is 2. The van der Waals surface area contributed by atoms with Crippen molar-refractivity contribution in [2.75, 3.05) is 13.2 Å². The van der Waals surface area contributed by atoms with E-state index in [0.717, 1.165) is 50.7 Å². The monoisotopic (exact) mass is 705 g/mol. The number of ether oxygens (including phenoxy) is 2. The second-order valence-electron chi connectivity index (χ2n) is 14.3. The molecule has 0 aromatic carbocycles. The highest BCUT2D eigenvalue weighted by Gasteiger charge is 2.63. The number of carbonyl (C=O) groups excluding carboxylic acids is 4. The molecule has 0 aromatic rings. The molecule has 0 aromatic heterocycles. The summed E-state index contributed by atoms with van der Waals surface area (Å²) in [4.78, 5) is 51.9. The number of hydrogen-bond donors (Lipinski definition) is 2. The Kier molecular flexibility index (Phi) is 26.8. The van der Waals surface area contributed by atoms with Gasteiger partial charge in [-0.25, -0.2) is 9.59 Å². The Morgan fingerprint density at radius 1 is 0.460 bits per heavy atom. The van der Waals surface area contributed by atoms with Crippen molar-refractivity contribution < 1.29 is 38.9 Å². The number of unbranched alkanes of at least 4 members (excludes halogenated alkanes) is 26. The molecule has 0 bridgehead atoms. The Hall–Kier alpha value is -2.32. The molecule has 0 saturated carbocycles. The normalized spacial score (nSPS) is 19.4. The quantitative estimate of drug-likeness (QED) is 0.0293. The van der Waals surface area contributed by atoms with E-state index < -0.39 is 47.9 Å². The topological polar surface area (TPSA) is 127 Å². The van der Waals surface area contributed by atoms with Crippen molar-refractivity contribution >= 4 is 23.5 Å². The van der Waals surface area contributed by atoms with Crippen molar-refractivity contribution in [3.8, 4) is 0 Å². The van der Waals surface area contributed by atoms with E-state index >= 15 is 0 Å². The molecule has 1 rings (SSSR count). The van der Waals surface area contributed by atoms with Gasteiger partial charge in [0.15, 0.2) is 0 Å². The van der Waals surface area contributed by atoms with Gasteiger partial charge < -0.3 is 19.7 Å². The highest BCUT2D eigenvalue weighted by atomic mass is 16.7. The fourth-order valence-electron chi connectivity index (χ4n) is 6.43. The second kappa shape index (κ2) is 29.3. The van der Waals surface area contributed by atoms with Crippen LogP contribution in [0.25, 0.3) is 0 Å². The van der Waals surface area contributed by atoms with Crippen molar-refractivity contribution in [1.82, 2.24) is 0 Å². The van der Waals surface area contributed by atoms with Gasteiger partial charge in [-0.05, 0) is 37.8 Å². The Balaban J connectivity index is 2.35. The Morgan fingerprint density at radius 2 is 0.700 bits per heavy atom. The highest BCUT2D eigenvalue weighted by Crippen LogP contribution is 2.31. The lowest BCUT2D eigenvalue weighted by molar-refractivity contribution is -0.229. The van der Waals surface area contributed by atoms with Gasteiger partial charge in [-0.1, -0.05) is 180 Å². The first-order valence-corrected chi connectivity index (χ1v) is 20.4. The van der Waals surface area contributed by atoms with Gasteiger partial charge in [0.05, 0.1) is 0 Å². The number of rotatable bonds is 34. The van der Waals surface area contributed by atoms with Gasteiger partial charge in [-0.3, -0.25) is 9.59 Å². The van der Waals surface area contributed by atoms with Gasteiger partial charge in [-0.2, -0.15) is 0 Å². The van der Waals surface area contributed by atoms with Crippen molar-refractivity contribution in [2.45, 2.75) is 205 Å². The molecular weight excluding hydrogens is 632 g/mol. The van der Waals surface area contributed by atoms with Crippen LogP contribution in [0, 0.1) is 0 Å². The molecule has 0 amide bonds. The SMILES string of the molecule is CCCCCCCCCCCCCCC/C=C/C(=O)C1(CO)OC(=O)C(CO)(C(=O)/C=C/CCCCCCCCCCCCCCC)OC1=O. The fourth-order valence-corrected chi connectivity index (χ4v) is 6.43. The molecule has 2 N–H and O–H groups in total. The summed E-state index contributed by atoms with van der Waals surface area (Å²) in [5.74, 6) is -4.63. The summed E-state index contributed by atoms with van der Waals surface area (Å²) in [6.07, 6.45) is 38.7. The minimum Gasteiger partial charge on any atom is -0.432 e. The summed E-state index contributed by atoms with van der Waals surface area (Å²) in [6, 6.07) is 0. The van der Waals surface area contributed by atoms with Crippen LogP contribution in [0.1, 0.15) is 194 Å². The minimum absolute atomic E-state index is 0.594. The summed E-state index contributed by atoms with van der Waals surface area (Å²) in [7, 11) is 0. The van der Waals surface area contributed by atoms with Crippen molar-refractivity contribution in [1.29, 1.82) is 0 Å². The summed E-state index contributed by atoms with van der Waals surface area (Å²) in [6.45, 7) is 2.21. The Labute approximate surface area is 304 Å². The largest absolute Gasteiger partial charge is 0.432 e. The fraction of sp³-hybridized carbons (Fsp3) is 0.810. The average Bonchev–Trinajstić information content (AvgIpc) is 3.12. The summed E-state index contributed by atoms with van der Waals surface area (Å²) in [5.41, 5.74) is -5.19. The molecule has 0 aliphatic carbocycles. The van der Waals surface area contributed by atoms with Gasteiger partial charge in [0.1, 0.15) is 13.2 Å². The molecule has 0 radical (unpaired) electrons. The van der Waals surface area contributed by atoms with Crippen LogP contribution in [-0.4, -0.2) is 58.1 Å². The average molecular weight is 705 g/mol. The molecule has 1 heterocycles. The van der Waals surface area contributed by atoms with Crippen LogP contribution in [0.15, 0.2) is 24.3 Å². The summed E-state index contributed by atoms with van der Waals surface area (Å²) in [5, 5.41) is 19.9. The third kappa shape index (κ3) is 17.7. The van der Waals surface area contributed by atoms with Crippen molar-refractivity contribution in [3.05, 3.63) is 24.3 Å². The second-order valence-corrected chi connectivity index (χ2v) is 14.3. The van der Waals surface area contributed by atoms with Crippen LogP contribution in [0.2, 0.25) is 0 Å². The van der Waals surface area contributed by atoms with Gasteiger partial charge in [0.2, 0.25) is 11.6 Å². The lowest BCUT2D eigenvalue weighted by Gasteiger charge is -2.39. The van der Waals surface area contributed by atoms with E-state index in [1.807, 2.05) is 0 Å². The molecular formula is C42H72O8. The molecule has 8 nitrogen and oxygen atoms in total. The number of allylic oxidation sites excluding steroid dienone is 2. The molecule has 2 unspecified atom stereocenters. The van der Waals surface area contributed by atoms with Crippen molar-refractivity contribution in [3.63, 3.8) is 0 Å². The predicted octanol–water partition coefficient (Wildman–Crippen LogP) is 9.76. The molecule has 288 valence electrons. The number of ketones is 2. The van der Waals surface area contributed by atoms with Crippen molar-refractivity contribution in [2.24, 2.45) is 0 Å². The van der Waals surface area contributed by atoms with E-state index in [2.05, 4.69) is 13.8 Å². The van der Waals surface area contributed by atoms with Crippen LogP contribution in [0.5, 0.6) is 0 Å². The van der Waals surface area contributed by atoms with E-state index in [-0.39, 0.29) is 0 Å². The van der Waals surface area contributed by atoms with Crippen LogP contribution < -0.4 is 0 Å². The van der Waals surface area contributed by atoms with E-state index in [0.29, 0.717) is 12.8 Å². The van der Waals surface area contributed by atoms with E-state index in [1.54, 1.807) is 12.2 Å². The van der Waals surface area contributed by atoms with Gasteiger partial charge in [-0.15, -0.1) is 0 Å². The standard InChI is InChI=1S/C42H72O8/c1-3-5-7-9-11-13-15-17-19-21-23-25-27-29-31-33-37(45)41(35-43)39(47)50-42(36-44,40(48)49-41)38(46)34-32-30-28-26-24-22-20-18-16-14-12-10-8-6-4-2/h31-34,43-44H,3-30,35-36H2,1-2H3/b33-31+,34-32+. The van der Waals surface area contributed by atoms with Crippen LogP contribution in [-0.2, 0) is 28.7 Å². The molecule has 1 fully saturated rings. The molecule has 1 aliphatic rings. The van der Waals surface area contributed by atoms with Gasteiger partial charge in [0.25, 0.3) is 11.2 Å². The highest BCUT2D eigenvalue weighted by molar-refractivity contribution is 6.21. The number of aliphatic hydroxyl groups is 2. The first kappa shape index (κ1) is 45.7. The van der Waals surface area contributed by atoms with Crippen LogP contribution in [0.3, 0.4) is 0 Å². The van der Waals surface area contributed by atoms with Crippen LogP contribution >= 0.6 is 0 Å². The Bertz CT molecular complexity index is 910. The van der Waals surface area contributed by atoms with Gasteiger partial charge in [0, 0.05) is 0 Å². The number of esters is 2. The lowest BCUT2D eigenvalue weighted by Crippen LogP contribution is -2.68. The predicted molar refractivity (Wildman–Crippen MR) is 201 cm³/mol. The molecule has 50 heavy (non-hydrogen) atoms. The molecule has 8 heteroatoms. The maximum atomic E-state index is 13.0. The number of carbonyl (C=O) groups is 4. The maximum Gasteiger partial charge on any atom is 0.363 e. The number of hydrogen-bond acceptors (Lipinski definition) is 8. The van der Waals surface area contributed by atoms with E-state index in [9.17, 15) is 29.4 Å². The molecule has 1 saturated heterocycles. The zero-order chi connectivity index (χ0) is 36.8. The van der Waals surface area contributed by atoms with E-state index in [1.165, 1.54) is 128 Å². The smallest absolute Gasteiger partial charge is 0.363 e. The zero-order valence-electron chi connectivity index (χ0n) is 31.9. The molecule has 2 atom stereocenters. The minimum atomic E-state index is -2.60. The summed E-state index contributed by atoms with van der Waals surface area (Å²) < 4.78 is 10.3.